The van der Waals surface area contributed by atoms with Crippen LogP contribution >= 0.6 is 35.3 Å². The van der Waals surface area contributed by atoms with E-state index in [1.165, 1.54) is 5.56 Å². The molecule has 2 aromatic heterocycles. The molecule has 0 bridgehead atoms. The monoisotopic (exact) mass is 433 g/mol. The van der Waals surface area contributed by atoms with Crippen molar-refractivity contribution in [3.63, 3.8) is 0 Å². The van der Waals surface area contributed by atoms with Crippen LogP contribution in [0.15, 0.2) is 44.6 Å². The van der Waals surface area contributed by atoms with Gasteiger partial charge in [-0.15, -0.1) is 24.0 Å². The number of nitrogens with one attached hydrogen (secondary N) is 2. The van der Waals surface area contributed by atoms with Gasteiger partial charge in [-0.25, -0.2) is 4.99 Å². The number of furan rings is 1. The summed E-state index contributed by atoms with van der Waals surface area (Å²) in [6, 6.07) is 6.01. The Balaban J connectivity index is 0.00000242. The quantitative estimate of drug-likeness (QED) is 0.396. The fourth-order valence-electron chi connectivity index (χ4n) is 1.79. The number of rotatable bonds is 7. The van der Waals surface area contributed by atoms with Crippen molar-refractivity contribution in [2.45, 2.75) is 26.8 Å². The van der Waals surface area contributed by atoms with E-state index in [4.69, 9.17) is 4.42 Å². The summed E-state index contributed by atoms with van der Waals surface area (Å²) in [4.78, 5) is 4.63. The van der Waals surface area contributed by atoms with E-state index in [9.17, 15) is 0 Å². The van der Waals surface area contributed by atoms with Crippen LogP contribution in [-0.4, -0.2) is 19.0 Å². The Hall–Kier alpha value is -1.02. The highest BCUT2D eigenvalue weighted by atomic mass is 127. The molecule has 0 amide bonds. The first-order valence-corrected chi connectivity index (χ1v) is 8.24. The molecule has 2 heterocycles. The van der Waals surface area contributed by atoms with Crippen LogP contribution in [0.5, 0.6) is 0 Å². The molecule has 0 atom stereocenters. The van der Waals surface area contributed by atoms with E-state index in [0.29, 0.717) is 12.5 Å². The van der Waals surface area contributed by atoms with Gasteiger partial charge in [0.25, 0.3) is 0 Å². The van der Waals surface area contributed by atoms with Crippen molar-refractivity contribution in [1.82, 2.24) is 10.6 Å². The van der Waals surface area contributed by atoms with Crippen LogP contribution < -0.4 is 10.6 Å². The molecule has 0 fully saturated rings. The van der Waals surface area contributed by atoms with E-state index in [1.54, 1.807) is 17.6 Å². The molecule has 0 aliphatic carbocycles. The van der Waals surface area contributed by atoms with Crippen LogP contribution in [-0.2, 0) is 13.0 Å². The van der Waals surface area contributed by atoms with Gasteiger partial charge in [0, 0.05) is 19.5 Å². The molecule has 2 aromatic rings. The van der Waals surface area contributed by atoms with E-state index in [-0.39, 0.29) is 24.0 Å². The fourth-order valence-corrected chi connectivity index (χ4v) is 2.45. The SMILES string of the molecule is CC(C)CNC(=NCc1ccsc1)NCCc1ccco1.I. The van der Waals surface area contributed by atoms with Crippen molar-refractivity contribution in [3.05, 3.63) is 46.5 Å². The summed E-state index contributed by atoms with van der Waals surface area (Å²) in [7, 11) is 0. The Morgan fingerprint density at radius 1 is 1.32 bits per heavy atom. The lowest BCUT2D eigenvalue weighted by Gasteiger charge is -2.13. The molecule has 0 spiro atoms. The van der Waals surface area contributed by atoms with Crippen molar-refractivity contribution in [3.8, 4) is 0 Å². The Kier molecular flexibility index (Phi) is 9.22. The molecule has 6 heteroatoms. The average Bonchev–Trinajstić information content (AvgIpc) is 3.14. The third kappa shape index (κ3) is 7.31. The third-order valence-corrected chi connectivity index (χ3v) is 3.65. The zero-order valence-electron chi connectivity index (χ0n) is 13.0. The van der Waals surface area contributed by atoms with E-state index in [0.717, 1.165) is 31.2 Å². The van der Waals surface area contributed by atoms with Crippen molar-refractivity contribution in [1.29, 1.82) is 0 Å². The first-order chi connectivity index (χ1) is 10.2. The molecule has 0 saturated carbocycles. The standard InChI is InChI=1S/C16H23N3OS.HI/c1-13(2)10-18-16(19-11-14-6-9-21-12-14)17-7-5-15-4-3-8-20-15;/h3-4,6,8-9,12-13H,5,7,10-11H2,1-2H3,(H2,17,18,19);1H. The molecule has 0 aromatic carbocycles. The highest BCUT2D eigenvalue weighted by Crippen LogP contribution is 2.06. The molecular formula is C16H24IN3OS. The number of hydrogen-bond donors (Lipinski definition) is 2. The van der Waals surface area contributed by atoms with Crippen LogP contribution in [0, 0.1) is 5.92 Å². The zero-order valence-corrected chi connectivity index (χ0v) is 16.2. The van der Waals surface area contributed by atoms with Crippen molar-refractivity contribution in [2.24, 2.45) is 10.9 Å². The minimum Gasteiger partial charge on any atom is -0.469 e. The normalized spacial score (nSPS) is 11.3. The van der Waals surface area contributed by atoms with E-state index >= 15 is 0 Å². The Bertz CT molecular complexity index is 524. The largest absolute Gasteiger partial charge is 0.469 e. The van der Waals surface area contributed by atoms with Crippen LogP contribution in [0.3, 0.4) is 0 Å². The molecule has 2 N–H and O–H groups in total. The molecule has 4 nitrogen and oxygen atoms in total. The second kappa shape index (κ2) is 10.7. The number of hydrogen-bond acceptors (Lipinski definition) is 3. The molecule has 2 rings (SSSR count). The highest BCUT2D eigenvalue weighted by molar-refractivity contribution is 14.0. The number of guanidine groups is 1. The Morgan fingerprint density at radius 2 is 2.18 bits per heavy atom. The molecule has 0 aliphatic rings. The lowest BCUT2D eigenvalue weighted by molar-refractivity contribution is 0.506. The molecule has 0 aliphatic heterocycles. The van der Waals surface area contributed by atoms with Gasteiger partial charge in [0.1, 0.15) is 5.76 Å². The maximum absolute atomic E-state index is 5.33. The molecule has 0 radical (unpaired) electrons. The van der Waals surface area contributed by atoms with Gasteiger partial charge in [-0.2, -0.15) is 11.3 Å². The van der Waals surface area contributed by atoms with Gasteiger partial charge < -0.3 is 15.1 Å². The summed E-state index contributed by atoms with van der Waals surface area (Å²) in [5.41, 5.74) is 1.25. The number of nitrogens with zero attached hydrogens (tertiary/aromatic N) is 1. The first kappa shape index (κ1) is 19.0. The van der Waals surface area contributed by atoms with E-state index in [2.05, 4.69) is 46.3 Å². The zero-order chi connectivity index (χ0) is 14.9. The number of thiophene rings is 1. The molecule has 122 valence electrons. The van der Waals surface area contributed by atoms with Gasteiger partial charge in [0.15, 0.2) is 5.96 Å². The van der Waals surface area contributed by atoms with Crippen LogP contribution in [0.1, 0.15) is 25.2 Å². The lowest BCUT2D eigenvalue weighted by Crippen LogP contribution is -2.40. The second-order valence-corrected chi connectivity index (χ2v) is 6.11. The van der Waals surface area contributed by atoms with Gasteiger partial charge in [-0.05, 0) is 40.4 Å². The third-order valence-electron chi connectivity index (χ3n) is 2.92. The predicted octanol–water partition coefficient (Wildman–Crippen LogP) is 3.89. The highest BCUT2D eigenvalue weighted by Gasteiger charge is 2.02. The topological polar surface area (TPSA) is 49.6 Å². The maximum atomic E-state index is 5.33. The van der Waals surface area contributed by atoms with E-state index in [1.807, 2.05) is 12.1 Å². The van der Waals surface area contributed by atoms with Gasteiger partial charge >= 0.3 is 0 Å². The van der Waals surface area contributed by atoms with Crippen molar-refractivity contribution in [2.75, 3.05) is 13.1 Å². The van der Waals surface area contributed by atoms with Gasteiger partial charge in [0.05, 0.1) is 12.8 Å². The molecule has 0 saturated heterocycles. The summed E-state index contributed by atoms with van der Waals surface area (Å²) in [5, 5.41) is 10.9. The van der Waals surface area contributed by atoms with Gasteiger partial charge in [-0.3, -0.25) is 0 Å². The molecular weight excluding hydrogens is 409 g/mol. The predicted molar refractivity (Wildman–Crippen MR) is 104 cm³/mol. The maximum Gasteiger partial charge on any atom is 0.191 e. The summed E-state index contributed by atoms with van der Waals surface area (Å²) in [6.45, 7) is 6.80. The smallest absolute Gasteiger partial charge is 0.191 e. The second-order valence-electron chi connectivity index (χ2n) is 5.33. The van der Waals surface area contributed by atoms with Crippen molar-refractivity contribution < 1.29 is 4.42 Å². The van der Waals surface area contributed by atoms with Crippen LogP contribution in [0.2, 0.25) is 0 Å². The minimum atomic E-state index is 0. The van der Waals surface area contributed by atoms with Crippen LogP contribution in [0.25, 0.3) is 0 Å². The number of halogens is 1. The van der Waals surface area contributed by atoms with Crippen molar-refractivity contribution >= 4 is 41.3 Å². The molecule has 22 heavy (non-hydrogen) atoms. The van der Waals surface area contributed by atoms with Gasteiger partial charge in [0.2, 0.25) is 0 Å². The van der Waals surface area contributed by atoms with E-state index < -0.39 is 0 Å². The Labute approximate surface area is 153 Å². The summed E-state index contributed by atoms with van der Waals surface area (Å²) >= 11 is 1.70. The summed E-state index contributed by atoms with van der Waals surface area (Å²) < 4.78 is 5.33. The fraction of sp³-hybridized carbons (Fsp3) is 0.438. The first-order valence-electron chi connectivity index (χ1n) is 7.29. The minimum absolute atomic E-state index is 0. The Morgan fingerprint density at radius 3 is 2.82 bits per heavy atom. The van der Waals surface area contributed by atoms with Crippen LogP contribution in [0.4, 0.5) is 0 Å². The number of aliphatic imine (C=N–C) groups is 1. The average molecular weight is 433 g/mol. The lowest BCUT2D eigenvalue weighted by atomic mass is 10.2. The summed E-state index contributed by atoms with van der Waals surface area (Å²) in [6.07, 6.45) is 2.56. The molecule has 0 unspecified atom stereocenters. The van der Waals surface area contributed by atoms with Gasteiger partial charge in [-0.1, -0.05) is 13.8 Å². The summed E-state index contributed by atoms with van der Waals surface area (Å²) in [5.74, 6) is 2.44.